The van der Waals surface area contributed by atoms with Crippen molar-refractivity contribution in [3.63, 3.8) is 0 Å². The molecule has 37 heavy (non-hydrogen) atoms. The Hall–Kier alpha value is -4.51. The summed E-state index contributed by atoms with van der Waals surface area (Å²) in [4.78, 5) is 18.2. The molecule has 0 aliphatic heterocycles. The Balaban J connectivity index is 0.000000618. The van der Waals surface area contributed by atoms with Crippen LogP contribution in [0.3, 0.4) is 0 Å². The van der Waals surface area contributed by atoms with Gasteiger partial charge in [-0.05, 0) is 57.0 Å². The molecule has 12 heteroatoms. The maximum atomic E-state index is 12.1. The monoisotopic (exact) mass is 558 g/mol. The number of nitrogens with one attached hydrogen (secondary N) is 2. The fourth-order valence-electron chi connectivity index (χ4n) is 3.02. The zero-order chi connectivity index (χ0) is 26.1. The average molecular weight is 558 g/mol. The Morgan fingerprint density at radius 2 is 1.03 bits per heavy atom. The summed E-state index contributed by atoms with van der Waals surface area (Å²) in [6, 6.07) is 21.9. The second-order valence-electron chi connectivity index (χ2n) is 7.15. The van der Waals surface area contributed by atoms with Crippen LogP contribution in [0.15, 0.2) is 83.0 Å². The predicted octanol–water partition coefficient (Wildman–Crippen LogP) is 2.13. The molecule has 0 unspecified atom stereocenters. The third-order valence-electron chi connectivity index (χ3n) is 4.68. The Morgan fingerprint density at radius 3 is 1.35 bits per heavy atom. The second-order valence-corrected chi connectivity index (χ2v) is 7.56. The fraction of sp³-hybridized carbons (Fsp3) is 0. The van der Waals surface area contributed by atoms with Gasteiger partial charge in [0.1, 0.15) is 0 Å². The van der Waals surface area contributed by atoms with Crippen LogP contribution < -0.4 is 21.1 Å². The standard InChI is InChI=1S/C23H18N4O2S.C2H2O4.Fe/c28-21-11-17-7-3-1-5-15(17)9-19(21)13-24-26-23(30)27-25-14-20-10-16-6-2-4-8-18(16)12-22(20)29;3-1(4)2(5)6;/h1-14,28-29H,(H2,26,27,30);(H,3,4)(H,5,6);/q;;+3/p-2/b24-13+,25-14+;;. The number of hydrogen-bond acceptors (Lipinski definition) is 7. The van der Waals surface area contributed by atoms with Crippen LogP contribution in [-0.4, -0.2) is 39.7 Å². The van der Waals surface area contributed by atoms with Crippen LogP contribution >= 0.6 is 12.2 Å². The van der Waals surface area contributed by atoms with Crippen LogP contribution in [0, 0.1) is 0 Å². The Morgan fingerprint density at radius 1 is 0.703 bits per heavy atom. The number of hydrogen-bond donors (Lipinski definition) is 4. The van der Waals surface area contributed by atoms with Crippen LogP contribution in [0.5, 0.6) is 11.5 Å². The molecule has 0 aliphatic rings. The second kappa shape index (κ2) is 13.5. The van der Waals surface area contributed by atoms with Crippen molar-refractivity contribution in [2.75, 3.05) is 0 Å². The van der Waals surface area contributed by atoms with Gasteiger partial charge in [0.15, 0.2) is 0 Å². The number of benzene rings is 4. The van der Waals surface area contributed by atoms with Crippen molar-refractivity contribution in [2.24, 2.45) is 10.2 Å². The van der Waals surface area contributed by atoms with Crippen molar-refractivity contribution in [1.82, 2.24) is 10.9 Å². The number of carboxylic acid groups (broad SMARTS) is 2. The number of carbonyl (C=O) groups is 2. The van der Waals surface area contributed by atoms with Crippen molar-refractivity contribution in [3.8, 4) is 11.5 Å². The van der Waals surface area contributed by atoms with E-state index in [0.717, 1.165) is 21.5 Å². The van der Waals surface area contributed by atoms with Crippen LogP contribution in [0.25, 0.3) is 21.5 Å². The van der Waals surface area contributed by atoms with Crippen molar-refractivity contribution < 1.29 is 47.1 Å². The maximum Gasteiger partial charge on any atom is 3.00 e. The SMILES string of the molecule is O=C(O)C(=O)O.[Fe+3].[O-]c1cc2ccccc2cc1/C=N/NC(=S)N/N=C/c1cc2ccccc2cc1[O-]. The fourth-order valence-corrected chi connectivity index (χ4v) is 3.13. The number of thiocarbonyl (C=S) groups is 1. The third-order valence-corrected chi connectivity index (χ3v) is 4.86. The van der Waals surface area contributed by atoms with E-state index in [1.54, 1.807) is 24.3 Å². The first-order valence-corrected chi connectivity index (χ1v) is 10.6. The maximum absolute atomic E-state index is 12.1. The van der Waals surface area contributed by atoms with Gasteiger partial charge in [-0.1, -0.05) is 72.2 Å². The molecule has 4 rings (SSSR count). The van der Waals surface area contributed by atoms with Gasteiger partial charge in [-0.3, -0.25) is 10.9 Å². The zero-order valence-corrected chi connectivity index (χ0v) is 20.7. The summed E-state index contributed by atoms with van der Waals surface area (Å²) in [6.07, 6.45) is 2.82. The molecule has 0 aromatic heterocycles. The summed E-state index contributed by atoms with van der Waals surface area (Å²) in [5.74, 6) is -3.91. The summed E-state index contributed by atoms with van der Waals surface area (Å²) in [5.41, 5.74) is 6.08. The van der Waals surface area contributed by atoms with Gasteiger partial charge >= 0.3 is 29.0 Å². The molecule has 0 amide bonds. The third kappa shape index (κ3) is 8.29. The molecule has 4 aromatic carbocycles. The number of nitrogens with zero attached hydrogens (tertiary/aromatic N) is 2. The Labute approximate surface area is 226 Å². The molecule has 10 nitrogen and oxygen atoms in total. The molecule has 187 valence electrons. The van der Waals surface area contributed by atoms with E-state index < -0.39 is 11.9 Å². The number of carboxylic acids is 2. The van der Waals surface area contributed by atoms with Gasteiger partial charge in [-0.15, -0.1) is 0 Å². The molecule has 1 radical (unpaired) electrons. The predicted molar refractivity (Wildman–Crippen MR) is 136 cm³/mol. The summed E-state index contributed by atoms with van der Waals surface area (Å²) < 4.78 is 0. The van der Waals surface area contributed by atoms with E-state index in [4.69, 9.17) is 32.0 Å². The first kappa shape index (κ1) is 28.7. The number of aliphatic carboxylic acids is 2. The topological polar surface area (TPSA) is 170 Å². The first-order chi connectivity index (χ1) is 17.2. The van der Waals surface area contributed by atoms with E-state index in [-0.39, 0.29) is 33.7 Å². The summed E-state index contributed by atoms with van der Waals surface area (Å²) in [5, 5.41) is 50.8. The number of rotatable bonds is 4. The molecule has 0 atom stereocenters. The first-order valence-electron chi connectivity index (χ1n) is 10.2. The van der Waals surface area contributed by atoms with E-state index >= 15 is 0 Å². The van der Waals surface area contributed by atoms with Crippen molar-refractivity contribution in [1.29, 1.82) is 0 Å². The summed E-state index contributed by atoms with van der Waals surface area (Å²) in [6.45, 7) is 0. The molecule has 0 spiro atoms. The number of fused-ring (bicyclic) bond motifs is 2. The quantitative estimate of drug-likeness (QED) is 0.0964. The molecule has 0 bridgehead atoms. The summed E-state index contributed by atoms with van der Waals surface area (Å²) in [7, 11) is 0. The van der Waals surface area contributed by atoms with Gasteiger partial charge in [-0.2, -0.15) is 10.2 Å². The van der Waals surface area contributed by atoms with E-state index in [9.17, 15) is 10.2 Å². The molecule has 0 aliphatic carbocycles. The van der Waals surface area contributed by atoms with Gasteiger partial charge in [0.05, 0.1) is 12.4 Å². The van der Waals surface area contributed by atoms with E-state index in [0.29, 0.717) is 11.1 Å². The van der Waals surface area contributed by atoms with Gasteiger partial charge in [0.2, 0.25) is 5.11 Å². The number of hydrazone groups is 2. The van der Waals surface area contributed by atoms with Gasteiger partial charge < -0.3 is 20.4 Å². The van der Waals surface area contributed by atoms with Crippen LogP contribution in [0.2, 0.25) is 0 Å². The Bertz CT molecular complexity index is 1400. The van der Waals surface area contributed by atoms with Gasteiger partial charge in [0, 0.05) is 0 Å². The van der Waals surface area contributed by atoms with Crippen molar-refractivity contribution in [3.05, 3.63) is 83.9 Å². The molecule has 0 heterocycles. The van der Waals surface area contributed by atoms with E-state index in [1.165, 1.54) is 12.4 Å². The van der Waals surface area contributed by atoms with Crippen molar-refractivity contribution in [2.45, 2.75) is 0 Å². The molecule has 0 saturated heterocycles. The molecular weight excluding hydrogens is 540 g/mol. The minimum atomic E-state index is -1.82. The Kier molecular flexibility index (Phi) is 10.5. The molecule has 0 fully saturated rings. The molecular formula is C25H18FeN4O6S+. The van der Waals surface area contributed by atoms with Crippen molar-refractivity contribution >= 4 is 63.2 Å². The van der Waals surface area contributed by atoms with Gasteiger partial charge in [0.25, 0.3) is 0 Å². The summed E-state index contributed by atoms with van der Waals surface area (Å²) >= 11 is 5.10. The average Bonchev–Trinajstić information content (AvgIpc) is 2.85. The minimum absolute atomic E-state index is 0. The minimum Gasteiger partial charge on any atom is -0.872 e. The van der Waals surface area contributed by atoms with Crippen LogP contribution in [0.4, 0.5) is 0 Å². The van der Waals surface area contributed by atoms with E-state index in [2.05, 4.69) is 21.1 Å². The zero-order valence-electron chi connectivity index (χ0n) is 18.8. The molecule has 4 aromatic rings. The molecule has 4 N–H and O–H groups in total. The molecule has 0 saturated carbocycles. The normalized spacial score (nSPS) is 10.5. The van der Waals surface area contributed by atoms with Crippen LogP contribution in [-0.2, 0) is 26.7 Å². The van der Waals surface area contributed by atoms with Crippen LogP contribution in [0.1, 0.15) is 11.1 Å². The van der Waals surface area contributed by atoms with Gasteiger partial charge in [-0.25, -0.2) is 9.59 Å². The smallest absolute Gasteiger partial charge is 0.872 e. The van der Waals surface area contributed by atoms with E-state index in [1.807, 2.05) is 48.5 Å². The largest absolute Gasteiger partial charge is 3.00 e.